The van der Waals surface area contributed by atoms with Gasteiger partial charge in [0.1, 0.15) is 17.3 Å². The fourth-order valence-electron chi connectivity index (χ4n) is 5.79. The van der Waals surface area contributed by atoms with Crippen LogP contribution in [0.15, 0.2) is 60.8 Å². The fraction of sp³-hybridized carbons (Fsp3) is 0.281. The molecule has 11 heteroatoms. The van der Waals surface area contributed by atoms with Crippen LogP contribution in [0.2, 0.25) is 10.0 Å². The number of aromatic nitrogens is 2. The molecule has 0 unspecified atom stereocenters. The smallest absolute Gasteiger partial charge is 0.255 e. The predicted octanol–water partition coefficient (Wildman–Crippen LogP) is 7.33. The lowest BCUT2D eigenvalue weighted by Crippen LogP contribution is -2.44. The highest BCUT2D eigenvalue weighted by molar-refractivity contribution is 6.34. The van der Waals surface area contributed by atoms with Crippen molar-refractivity contribution in [2.75, 3.05) is 43.9 Å². The number of benzene rings is 3. The first-order chi connectivity index (χ1) is 20.7. The number of fused-ring (bicyclic) bond motifs is 3. The van der Waals surface area contributed by atoms with Crippen LogP contribution in [-0.4, -0.2) is 65.4 Å². The first-order valence-corrected chi connectivity index (χ1v) is 14.8. The Morgan fingerprint density at radius 3 is 2.44 bits per heavy atom. The molecule has 0 atom stereocenters. The zero-order valence-corrected chi connectivity index (χ0v) is 25.3. The lowest BCUT2D eigenvalue weighted by atomic mass is 10.0. The van der Waals surface area contributed by atoms with E-state index in [0.29, 0.717) is 76.3 Å². The van der Waals surface area contributed by atoms with Crippen LogP contribution < -0.4 is 10.2 Å². The third-order valence-corrected chi connectivity index (χ3v) is 8.67. The molecule has 6 rings (SSSR count). The quantitative estimate of drug-likeness (QED) is 0.251. The van der Waals surface area contributed by atoms with Gasteiger partial charge in [-0.05, 0) is 87.5 Å². The molecule has 3 aromatic carbocycles. The molecule has 7 nitrogen and oxygen atoms in total. The monoisotopic (exact) mass is 622 g/mol. The van der Waals surface area contributed by atoms with Gasteiger partial charge in [0.2, 0.25) is 5.95 Å². The molecule has 0 radical (unpaired) electrons. The van der Waals surface area contributed by atoms with Crippen LogP contribution in [0.3, 0.4) is 0 Å². The SMILES string of the molecule is CN(C)C1CCN(C(=O)c2ccc(Nc3ncc4c(n3)-c3ccc(Cl)cc3N(c3c(F)cccc3F)CC4)cc2Cl)CC1. The first kappa shape index (κ1) is 29.3. The van der Waals surface area contributed by atoms with Crippen LogP contribution in [0.25, 0.3) is 11.3 Å². The summed E-state index contributed by atoms with van der Waals surface area (Å²) in [5.74, 6) is -1.10. The van der Waals surface area contributed by atoms with Crippen molar-refractivity contribution in [1.82, 2.24) is 19.8 Å². The van der Waals surface area contributed by atoms with Gasteiger partial charge in [0.05, 0.1) is 22.0 Å². The summed E-state index contributed by atoms with van der Waals surface area (Å²) in [4.78, 5) is 28.1. The van der Waals surface area contributed by atoms with E-state index in [1.807, 2.05) is 4.90 Å². The van der Waals surface area contributed by atoms with E-state index in [1.165, 1.54) is 18.2 Å². The molecular weight excluding hydrogens is 593 g/mol. The van der Waals surface area contributed by atoms with Gasteiger partial charge in [-0.1, -0.05) is 29.3 Å². The number of halogens is 4. The Morgan fingerprint density at radius 1 is 1.00 bits per heavy atom. The van der Waals surface area contributed by atoms with Gasteiger partial charge in [0, 0.05) is 48.1 Å². The molecule has 0 saturated carbocycles. The van der Waals surface area contributed by atoms with Crippen molar-refractivity contribution in [1.29, 1.82) is 0 Å². The van der Waals surface area contributed by atoms with Crippen molar-refractivity contribution < 1.29 is 13.6 Å². The summed E-state index contributed by atoms with van der Waals surface area (Å²) >= 11 is 12.9. The zero-order chi connectivity index (χ0) is 30.2. The maximum absolute atomic E-state index is 14.9. The number of hydrogen-bond acceptors (Lipinski definition) is 6. The largest absolute Gasteiger partial charge is 0.338 e. The van der Waals surface area contributed by atoms with Gasteiger partial charge >= 0.3 is 0 Å². The standard InChI is InChI=1S/C32H30Cl2F2N6O/c1-40(2)22-11-13-41(14-12-22)31(43)23-9-7-21(17-25(23)34)38-32-37-18-19-10-15-42(30-26(35)4-3-5-27(30)36)28-16-20(33)6-8-24(28)29(19)39-32/h3-9,16-18,22H,10-15H2,1-2H3,(H,37,38,39). The molecule has 1 N–H and O–H groups in total. The van der Waals surface area contributed by atoms with E-state index in [1.54, 1.807) is 47.5 Å². The van der Waals surface area contributed by atoms with Gasteiger partial charge in [-0.25, -0.2) is 18.7 Å². The number of likely N-dealkylation sites (tertiary alicyclic amines) is 1. The highest BCUT2D eigenvalue weighted by Crippen LogP contribution is 2.42. The van der Waals surface area contributed by atoms with Crippen molar-refractivity contribution in [3.8, 4) is 11.3 Å². The van der Waals surface area contributed by atoms with Gasteiger partial charge in [0.25, 0.3) is 5.91 Å². The Morgan fingerprint density at radius 2 is 1.74 bits per heavy atom. The van der Waals surface area contributed by atoms with Gasteiger partial charge < -0.3 is 20.0 Å². The fourth-order valence-corrected chi connectivity index (χ4v) is 6.22. The molecule has 1 fully saturated rings. The Labute approximate surface area is 259 Å². The molecule has 2 aliphatic rings. The Balaban J connectivity index is 1.26. The third kappa shape index (κ3) is 5.89. The Bertz CT molecular complexity index is 1670. The number of carbonyl (C=O) groups is 1. The predicted molar refractivity (Wildman–Crippen MR) is 167 cm³/mol. The molecule has 0 spiro atoms. The van der Waals surface area contributed by atoms with Crippen LogP contribution in [0.5, 0.6) is 0 Å². The van der Waals surface area contributed by atoms with Crippen LogP contribution >= 0.6 is 23.2 Å². The highest BCUT2D eigenvalue weighted by Gasteiger charge is 2.28. The lowest BCUT2D eigenvalue weighted by Gasteiger charge is -2.35. The highest BCUT2D eigenvalue weighted by atomic mass is 35.5. The van der Waals surface area contributed by atoms with E-state index in [2.05, 4.69) is 29.3 Å². The van der Waals surface area contributed by atoms with E-state index >= 15 is 0 Å². The maximum atomic E-state index is 14.9. The van der Waals surface area contributed by atoms with Gasteiger partial charge in [-0.15, -0.1) is 0 Å². The van der Waals surface area contributed by atoms with E-state index in [0.717, 1.165) is 18.4 Å². The Kier molecular flexibility index (Phi) is 8.22. The number of para-hydroxylation sites is 1. The minimum Gasteiger partial charge on any atom is -0.338 e. The molecular formula is C32H30Cl2F2N6O. The molecule has 0 aliphatic carbocycles. The zero-order valence-electron chi connectivity index (χ0n) is 23.7. The summed E-state index contributed by atoms with van der Waals surface area (Å²) in [6, 6.07) is 14.7. The minimum atomic E-state index is -0.665. The normalized spacial score (nSPS) is 15.2. The van der Waals surface area contributed by atoms with Gasteiger partial charge in [-0.3, -0.25) is 4.79 Å². The number of nitrogens with zero attached hydrogens (tertiary/aromatic N) is 5. The molecule has 0 bridgehead atoms. The third-order valence-electron chi connectivity index (χ3n) is 8.12. The molecule has 2 aliphatic heterocycles. The van der Waals surface area contributed by atoms with Crippen LogP contribution in [-0.2, 0) is 6.42 Å². The minimum absolute atomic E-state index is 0.0823. The van der Waals surface area contributed by atoms with Crippen molar-refractivity contribution in [3.63, 3.8) is 0 Å². The van der Waals surface area contributed by atoms with Gasteiger partial charge in [0.15, 0.2) is 0 Å². The van der Waals surface area contributed by atoms with E-state index in [9.17, 15) is 13.6 Å². The number of carbonyl (C=O) groups excluding carboxylic acids is 1. The molecule has 1 saturated heterocycles. The number of piperidine rings is 1. The average molecular weight is 624 g/mol. The summed E-state index contributed by atoms with van der Waals surface area (Å²) in [6.07, 6.45) is 4.01. The van der Waals surface area contributed by atoms with E-state index in [-0.39, 0.29) is 11.6 Å². The number of anilines is 4. The van der Waals surface area contributed by atoms with Crippen LogP contribution in [0, 0.1) is 11.6 Å². The molecule has 4 aromatic rings. The second-order valence-corrected chi connectivity index (χ2v) is 11.9. The van der Waals surface area contributed by atoms with Gasteiger partial charge in [-0.2, -0.15) is 0 Å². The average Bonchev–Trinajstić information content (AvgIpc) is 3.13. The number of hydrogen-bond donors (Lipinski definition) is 1. The van der Waals surface area contributed by atoms with Crippen molar-refractivity contribution >= 4 is 52.1 Å². The van der Waals surface area contributed by atoms with E-state index in [4.69, 9.17) is 28.2 Å². The van der Waals surface area contributed by atoms with Crippen LogP contribution in [0.4, 0.5) is 31.8 Å². The number of amides is 1. The lowest BCUT2D eigenvalue weighted by molar-refractivity contribution is 0.0663. The summed E-state index contributed by atoms with van der Waals surface area (Å²) in [6.45, 7) is 1.68. The van der Waals surface area contributed by atoms with Crippen LogP contribution in [0.1, 0.15) is 28.8 Å². The summed E-state index contributed by atoms with van der Waals surface area (Å²) in [5, 5.41) is 3.95. The summed E-state index contributed by atoms with van der Waals surface area (Å²) in [7, 11) is 4.13. The maximum Gasteiger partial charge on any atom is 0.255 e. The summed E-state index contributed by atoms with van der Waals surface area (Å²) in [5.41, 5.74) is 3.59. The topological polar surface area (TPSA) is 64.6 Å². The second kappa shape index (κ2) is 12.1. The number of rotatable bonds is 5. The molecule has 3 heterocycles. The molecule has 1 aromatic heterocycles. The van der Waals surface area contributed by atoms with Crippen molar-refractivity contribution in [2.45, 2.75) is 25.3 Å². The molecule has 1 amide bonds. The van der Waals surface area contributed by atoms with E-state index < -0.39 is 11.6 Å². The molecule has 222 valence electrons. The molecule has 43 heavy (non-hydrogen) atoms. The number of nitrogens with one attached hydrogen (secondary N) is 1. The first-order valence-electron chi connectivity index (χ1n) is 14.1. The second-order valence-electron chi connectivity index (χ2n) is 11.0. The van der Waals surface area contributed by atoms with Crippen molar-refractivity contribution in [3.05, 3.63) is 93.6 Å². The Hall–Kier alpha value is -3.79. The summed E-state index contributed by atoms with van der Waals surface area (Å²) < 4.78 is 29.7. The van der Waals surface area contributed by atoms with Crippen molar-refractivity contribution in [2.24, 2.45) is 0 Å².